The molecule has 1 saturated carbocycles. The zero-order chi connectivity index (χ0) is 25.5. The molecule has 2 saturated heterocycles. The van der Waals surface area contributed by atoms with Gasteiger partial charge in [-0.2, -0.15) is 0 Å². The van der Waals surface area contributed by atoms with Crippen LogP contribution in [-0.2, 0) is 14.3 Å². The highest BCUT2D eigenvalue weighted by atomic mass is 32.1. The number of aromatic nitrogens is 2. The Balaban J connectivity index is 1.22. The van der Waals surface area contributed by atoms with E-state index in [1.165, 1.54) is 11.2 Å². The third kappa shape index (κ3) is 5.07. The van der Waals surface area contributed by atoms with Gasteiger partial charge in [-0.25, -0.2) is 9.97 Å². The summed E-state index contributed by atoms with van der Waals surface area (Å²) in [6.07, 6.45) is 7.52. The molecule has 9 heteroatoms. The average molecular weight is 520 g/mol. The number of anilines is 2. The number of thiazole rings is 1. The molecule has 3 aliphatic rings. The van der Waals surface area contributed by atoms with Crippen molar-refractivity contribution in [3.63, 3.8) is 0 Å². The second-order valence-corrected chi connectivity index (χ2v) is 11.8. The Morgan fingerprint density at radius 3 is 2.68 bits per heavy atom. The maximum atomic E-state index is 13.4. The molecule has 2 amide bonds. The number of rotatable bonds is 4. The summed E-state index contributed by atoms with van der Waals surface area (Å²) < 4.78 is 6.67. The van der Waals surface area contributed by atoms with E-state index in [4.69, 9.17) is 15.5 Å². The second-order valence-electron chi connectivity index (χ2n) is 10.7. The molecule has 2 aliphatic heterocycles. The molecule has 8 nitrogen and oxygen atoms in total. The minimum atomic E-state index is -0.635. The lowest BCUT2D eigenvalue weighted by molar-refractivity contribution is -0.146. The number of nitrogen functional groups attached to an aromatic ring is 1. The topological polar surface area (TPSA) is 110 Å². The summed E-state index contributed by atoms with van der Waals surface area (Å²) in [6.45, 7) is 4.26. The highest BCUT2D eigenvalue weighted by molar-refractivity contribution is 7.18. The highest BCUT2D eigenvalue weighted by Crippen LogP contribution is 2.43. The van der Waals surface area contributed by atoms with Crippen LogP contribution >= 0.6 is 11.3 Å². The van der Waals surface area contributed by atoms with Gasteiger partial charge in [-0.15, -0.1) is 11.3 Å². The van der Waals surface area contributed by atoms with Crippen LogP contribution in [0.15, 0.2) is 30.5 Å². The van der Waals surface area contributed by atoms with Crippen molar-refractivity contribution < 1.29 is 14.3 Å². The fourth-order valence-electron chi connectivity index (χ4n) is 5.61. The van der Waals surface area contributed by atoms with Crippen molar-refractivity contribution in [1.82, 2.24) is 14.9 Å². The van der Waals surface area contributed by atoms with Gasteiger partial charge in [0.15, 0.2) is 0 Å². The number of carbonyl (C=O) groups excluding carboxylic acids is 2. The third-order valence-electron chi connectivity index (χ3n) is 7.88. The number of likely N-dealkylation sites (tertiary alicyclic amines) is 1. The number of piperidine rings is 1. The van der Waals surface area contributed by atoms with Crippen LogP contribution in [0.3, 0.4) is 0 Å². The number of nitrogens with one attached hydrogen (secondary N) is 1. The van der Waals surface area contributed by atoms with Gasteiger partial charge < -0.3 is 20.7 Å². The van der Waals surface area contributed by atoms with Crippen molar-refractivity contribution in [3.05, 3.63) is 46.6 Å². The van der Waals surface area contributed by atoms with Crippen molar-refractivity contribution in [1.29, 1.82) is 0 Å². The molecule has 2 atom stereocenters. The fraction of sp³-hybridized carbons (Fsp3) is 0.500. The monoisotopic (exact) mass is 519 g/mol. The van der Waals surface area contributed by atoms with Gasteiger partial charge in [0.25, 0.3) is 0 Å². The second kappa shape index (κ2) is 10.0. The number of benzene rings is 1. The number of pyridine rings is 1. The zero-order valence-corrected chi connectivity index (χ0v) is 21.9. The van der Waals surface area contributed by atoms with E-state index in [0.717, 1.165) is 73.1 Å². The summed E-state index contributed by atoms with van der Waals surface area (Å²) in [5.74, 6) is 0.534. The molecule has 2 aromatic heterocycles. The molecular weight excluding hydrogens is 486 g/mol. The van der Waals surface area contributed by atoms with E-state index in [1.807, 2.05) is 6.07 Å². The van der Waals surface area contributed by atoms with Crippen LogP contribution in [0.4, 0.5) is 11.5 Å². The Morgan fingerprint density at radius 2 is 1.89 bits per heavy atom. The molecule has 37 heavy (non-hydrogen) atoms. The minimum absolute atomic E-state index is 0.154. The first-order chi connectivity index (χ1) is 18.0. The summed E-state index contributed by atoms with van der Waals surface area (Å²) in [5, 5.41) is 3.95. The summed E-state index contributed by atoms with van der Waals surface area (Å²) >= 11 is 1.76. The molecule has 0 spiro atoms. The Bertz CT molecular complexity index is 1330. The van der Waals surface area contributed by atoms with Crippen LogP contribution in [-0.4, -0.2) is 46.4 Å². The number of amides is 2. The number of hydrogen-bond acceptors (Lipinski definition) is 7. The predicted molar refractivity (Wildman–Crippen MR) is 145 cm³/mol. The van der Waals surface area contributed by atoms with Crippen LogP contribution in [0.25, 0.3) is 10.2 Å². The van der Waals surface area contributed by atoms with E-state index in [-0.39, 0.29) is 6.04 Å². The predicted octanol–water partition coefficient (Wildman–Crippen LogP) is 4.98. The molecule has 0 unspecified atom stereocenters. The van der Waals surface area contributed by atoms with Gasteiger partial charge in [-0.05, 0) is 79.7 Å². The number of hydrogen-bond donors (Lipinski definition) is 2. The lowest BCUT2D eigenvalue weighted by Gasteiger charge is -2.38. The quantitative estimate of drug-likeness (QED) is 0.470. The van der Waals surface area contributed by atoms with Gasteiger partial charge in [0, 0.05) is 25.7 Å². The van der Waals surface area contributed by atoms with Crippen LogP contribution in [0, 0.1) is 5.92 Å². The number of nitrogens with two attached hydrogens (primary N) is 1. The first-order valence-corrected chi connectivity index (χ1v) is 14.1. The minimum Gasteiger partial charge on any atom is -0.383 e. The van der Waals surface area contributed by atoms with E-state index >= 15 is 0 Å². The number of ether oxygens (including phenoxy) is 1. The molecule has 3 fully saturated rings. The van der Waals surface area contributed by atoms with E-state index < -0.39 is 11.8 Å². The average Bonchev–Trinajstić information content (AvgIpc) is 3.67. The molecule has 4 heterocycles. The molecule has 3 aromatic rings. The maximum absolute atomic E-state index is 13.4. The number of nitrogens with zero attached hydrogens (tertiary/aromatic N) is 3. The molecule has 3 N–H and O–H groups in total. The van der Waals surface area contributed by atoms with Crippen molar-refractivity contribution in [3.8, 4) is 0 Å². The van der Waals surface area contributed by atoms with Crippen LogP contribution in [0.2, 0.25) is 0 Å². The van der Waals surface area contributed by atoms with Crippen molar-refractivity contribution in [2.45, 2.75) is 63.3 Å². The normalized spacial score (nSPS) is 22.8. The largest absolute Gasteiger partial charge is 0.383 e. The van der Waals surface area contributed by atoms with Crippen molar-refractivity contribution >= 4 is 44.9 Å². The van der Waals surface area contributed by atoms with Crippen LogP contribution in [0.1, 0.15) is 79.5 Å². The van der Waals surface area contributed by atoms with Crippen LogP contribution in [0.5, 0.6) is 0 Å². The van der Waals surface area contributed by atoms with E-state index in [9.17, 15) is 9.59 Å². The van der Waals surface area contributed by atoms with Gasteiger partial charge in [0.1, 0.15) is 5.82 Å². The smallest absolute Gasteiger partial charge is 0.313 e. The number of carbonyl (C=O) groups is 2. The van der Waals surface area contributed by atoms with E-state index in [0.29, 0.717) is 35.8 Å². The van der Waals surface area contributed by atoms with E-state index in [1.54, 1.807) is 16.2 Å². The number of fused-ring (bicyclic) bond motifs is 1. The molecule has 0 bridgehead atoms. The molecule has 6 rings (SSSR count). The molecule has 194 valence electrons. The Labute approximate surface area is 220 Å². The summed E-state index contributed by atoms with van der Waals surface area (Å²) in [4.78, 5) is 37.5. The van der Waals surface area contributed by atoms with Crippen LogP contribution < -0.4 is 11.1 Å². The molecular formula is C28H33N5O3S. The van der Waals surface area contributed by atoms with E-state index in [2.05, 4.69) is 35.4 Å². The first kappa shape index (κ1) is 24.3. The van der Waals surface area contributed by atoms with Gasteiger partial charge in [-0.3, -0.25) is 9.59 Å². The summed E-state index contributed by atoms with van der Waals surface area (Å²) in [7, 11) is 0. The summed E-state index contributed by atoms with van der Waals surface area (Å²) in [6, 6.07) is 8.02. The molecule has 1 aliphatic carbocycles. The van der Waals surface area contributed by atoms with Gasteiger partial charge in [0.2, 0.25) is 0 Å². The first-order valence-electron chi connectivity index (χ1n) is 13.3. The molecule has 0 radical (unpaired) electrons. The SMILES string of the molecule is C[C@H]1CC[C@H](c2ccc3sc(C4CCOCC4)nc3c2)N(C(=O)C(=O)Nc2cnc(N)c(C3CC3)c2)C1. The highest BCUT2D eigenvalue weighted by Gasteiger charge is 2.35. The fourth-order valence-corrected chi connectivity index (χ4v) is 6.73. The third-order valence-corrected chi connectivity index (χ3v) is 9.08. The lowest BCUT2D eigenvalue weighted by Crippen LogP contribution is -2.46. The Kier molecular flexibility index (Phi) is 6.58. The molecule has 1 aromatic carbocycles. The van der Waals surface area contributed by atoms with Gasteiger partial charge in [-0.1, -0.05) is 13.0 Å². The van der Waals surface area contributed by atoms with Gasteiger partial charge >= 0.3 is 11.8 Å². The van der Waals surface area contributed by atoms with Crippen molar-refractivity contribution in [2.24, 2.45) is 5.92 Å². The lowest BCUT2D eigenvalue weighted by atomic mass is 9.89. The van der Waals surface area contributed by atoms with Crippen molar-refractivity contribution in [2.75, 3.05) is 30.8 Å². The standard InChI is InChI=1S/C28H33N5O3S/c1-16-2-6-23(19-5-7-24-22(12-19)32-27(37-24)18-8-10-36-11-9-18)33(15-16)28(35)26(34)31-20-13-21(17-3-4-17)25(29)30-14-20/h5,7,12-14,16-18,23H,2-4,6,8-11,15H2,1H3,(H2,29,30)(H,31,34)/t16-,23+/m0/s1. The zero-order valence-electron chi connectivity index (χ0n) is 21.1. The Morgan fingerprint density at radius 1 is 1.08 bits per heavy atom. The maximum Gasteiger partial charge on any atom is 0.313 e. The van der Waals surface area contributed by atoms with Gasteiger partial charge in [0.05, 0.1) is 33.2 Å². The summed E-state index contributed by atoms with van der Waals surface area (Å²) in [5.41, 5.74) is 9.48. The Hall–Kier alpha value is -3.04.